The van der Waals surface area contributed by atoms with Crippen LogP contribution in [0.4, 0.5) is 41.7 Å². The third-order valence-electron chi connectivity index (χ3n) is 6.38. The van der Waals surface area contributed by atoms with E-state index >= 15 is 0 Å². The topological polar surface area (TPSA) is 76.9 Å². The second-order valence-corrected chi connectivity index (χ2v) is 8.84. The molecular weight excluding hydrogens is 522 g/mol. The number of hydrogen-bond donors (Lipinski definition) is 0. The maximum absolute atomic E-state index is 13.5. The molecule has 1 aromatic heterocycles. The number of rotatable bonds is 5. The van der Waals surface area contributed by atoms with Crippen LogP contribution in [0, 0.1) is 6.92 Å². The van der Waals surface area contributed by atoms with E-state index in [2.05, 4.69) is 5.10 Å². The highest BCUT2D eigenvalue weighted by Gasteiger charge is 2.44. The smallest absolute Gasteiger partial charge is 0.416 e. The molecule has 2 heterocycles. The highest BCUT2D eigenvalue weighted by molar-refractivity contribution is 5.89. The van der Waals surface area contributed by atoms with Gasteiger partial charge < -0.3 is 9.47 Å². The van der Waals surface area contributed by atoms with E-state index in [1.54, 1.807) is 27.8 Å². The van der Waals surface area contributed by atoms with Gasteiger partial charge in [-0.05, 0) is 50.5 Å². The Morgan fingerprint density at radius 3 is 2.13 bits per heavy atom. The first kappa shape index (κ1) is 29.1. The van der Waals surface area contributed by atoms with Gasteiger partial charge in [0.15, 0.2) is 0 Å². The molecule has 8 nitrogen and oxygen atoms in total. The lowest BCUT2D eigenvalue weighted by Crippen LogP contribution is -2.49. The Balaban J connectivity index is 2.16. The average Bonchev–Trinajstić information content (AvgIpc) is 3.13. The van der Waals surface area contributed by atoms with E-state index < -0.39 is 54.3 Å². The zero-order valence-electron chi connectivity index (χ0n) is 21.4. The lowest BCUT2D eigenvalue weighted by molar-refractivity contribution is -0.143. The van der Waals surface area contributed by atoms with E-state index in [0.29, 0.717) is 35.6 Å². The fraction of sp³-hybridized carbons (Fsp3) is 0.542. The number of nitrogens with zero attached hydrogens (tertiary/aromatic N) is 4. The minimum atomic E-state index is -5.04. The quantitative estimate of drug-likeness (QED) is 0.413. The van der Waals surface area contributed by atoms with Crippen molar-refractivity contribution in [1.82, 2.24) is 14.7 Å². The molecule has 1 aromatic carbocycles. The molecule has 2 unspecified atom stereocenters. The Morgan fingerprint density at radius 1 is 1.08 bits per heavy atom. The van der Waals surface area contributed by atoms with Crippen molar-refractivity contribution in [3.05, 3.63) is 46.1 Å². The van der Waals surface area contributed by atoms with Crippen LogP contribution in [0.1, 0.15) is 60.7 Å². The molecular formula is C24H28F6N4O4. The van der Waals surface area contributed by atoms with Crippen molar-refractivity contribution < 1.29 is 45.4 Å². The Kier molecular flexibility index (Phi) is 8.22. The summed E-state index contributed by atoms with van der Waals surface area (Å²) in [5.41, 5.74) is -2.53. The van der Waals surface area contributed by atoms with Crippen molar-refractivity contribution in [2.45, 2.75) is 64.6 Å². The van der Waals surface area contributed by atoms with Gasteiger partial charge in [-0.3, -0.25) is 14.5 Å². The number of benzene rings is 1. The fourth-order valence-electron chi connectivity index (χ4n) is 4.78. The molecule has 2 aromatic rings. The highest BCUT2D eigenvalue weighted by atomic mass is 19.4. The van der Waals surface area contributed by atoms with E-state index in [4.69, 9.17) is 9.47 Å². The second kappa shape index (κ2) is 10.7. The van der Waals surface area contributed by atoms with Crippen LogP contribution in [0.15, 0.2) is 18.2 Å². The van der Waals surface area contributed by atoms with Crippen LogP contribution < -0.4 is 4.90 Å². The molecule has 0 saturated carbocycles. The van der Waals surface area contributed by atoms with Crippen LogP contribution in [-0.2, 0) is 35.4 Å². The summed E-state index contributed by atoms with van der Waals surface area (Å²) >= 11 is 0. The molecule has 0 fully saturated rings. The SMILES string of the molecule is CCOC(=O)N1c2c(c(C)nn2C)C(N(Cc2cc(C(F)(F)F)cc(C(F)(F)F)c2)C(=O)OC)CC1CC. The molecule has 1 aliphatic rings. The summed E-state index contributed by atoms with van der Waals surface area (Å²) < 4.78 is 92.2. The van der Waals surface area contributed by atoms with Crippen LogP contribution in [0.5, 0.6) is 0 Å². The van der Waals surface area contributed by atoms with Crippen molar-refractivity contribution in [1.29, 1.82) is 0 Å². The lowest BCUT2D eigenvalue weighted by Gasteiger charge is -2.42. The van der Waals surface area contributed by atoms with Gasteiger partial charge in [-0.15, -0.1) is 0 Å². The number of fused-ring (bicyclic) bond motifs is 1. The van der Waals surface area contributed by atoms with Gasteiger partial charge in [0.2, 0.25) is 0 Å². The van der Waals surface area contributed by atoms with Gasteiger partial charge in [-0.2, -0.15) is 31.4 Å². The van der Waals surface area contributed by atoms with Crippen LogP contribution in [0.2, 0.25) is 0 Å². The van der Waals surface area contributed by atoms with E-state index in [1.807, 2.05) is 0 Å². The summed E-state index contributed by atoms with van der Waals surface area (Å²) in [6.07, 6.45) is -11.2. The molecule has 38 heavy (non-hydrogen) atoms. The minimum Gasteiger partial charge on any atom is -0.453 e. The molecule has 210 valence electrons. The van der Waals surface area contributed by atoms with Gasteiger partial charge in [0.25, 0.3) is 0 Å². The molecule has 0 bridgehead atoms. The largest absolute Gasteiger partial charge is 0.453 e. The molecule has 14 heteroatoms. The summed E-state index contributed by atoms with van der Waals surface area (Å²) in [5, 5.41) is 4.36. The summed E-state index contributed by atoms with van der Waals surface area (Å²) in [4.78, 5) is 28.3. The number of alkyl halides is 6. The van der Waals surface area contributed by atoms with Crippen LogP contribution in [-0.4, -0.2) is 46.6 Å². The lowest BCUT2D eigenvalue weighted by atomic mass is 9.90. The molecule has 1 aliphatic heterocycles. The normalized spacial score (nSPS) is 17.7. The zero-order valence-corrected chi connectivity index (χ0v) is 21.4. The first-order valence-corrected chi connectivity index (χ1v) is 11.8. The van der Waals surface area contributed by atoms with Crippen molar-refractivity contribution in [3.63, 3.8) is 0 Å². The predicted octanol–water partition coefficient (Wildman–Crippen LogP) is 6.22. The minimum absolute atomic E-state index is 0.0281. The molecule has 0 saturated heterocycles. The molecule has 2 amide bonds. The van der Waals surface area contributed by atoms with Crippen molar-refractivity contribution in [3.8, 4) is 0 Å². The van der Waals surface area contributed by atoms with E-state index in [1.165, 1.54) is 9.58 Å². The molecule has 0 aliphatic carbocycles. The monoisotopic (exact) mass is 550 g/mol. The van der Waals surface area contributed by atoms with E-state index in [-0.39, 0.29) is 24.7 Å². The first-order chi connectivity index (χ1) is 17.6. The molecule has 0 N–H and O–H groups in total. The molecule has 0 spiro atoms. The number of carbonyl (C=O) groups excluding carboxylic acids is 2. The standard InChI is InChI=1S/C24H28F6N4O4/c1-6-17-11-18(19-13(3)31-32(4)20(19)34(17)22(36)38-7-2)33(21(35)37-5)12-14-8-15(23(25,26)27)10-16(9-14)24(28,29)30/h8-10,17-18H,6-7,11-12H2,1-5H3. The zero-order chi connectivity index (χ0) is 28.6. The van der Waals surface area contributed by atoms with Gasteiger partial charge in [0.05, 0.1) is 36.6 Å². The van der Waals surface area contributed by atoms with Gasteiger partial charge in [0.1, 0.15) is 5.82 Å². The Morgan fingerprint density at radius 2 is 1.66 bits per heavy atom. The number of aromatic nitrogens is 2. The van der Waals surface area contributed by atoms with Crippen molar-refractivity contribution in [2.75, 3.05) is 18.6 Å². The number of amides is 2. The van der Waals surface area contributed by atoms with Gasteiger partial charge >= 0.3 is 24.5 Å². The summed E-state index contributed by atoms with van der Waals surface area (Å²) in [6.45, 7) is 4.56. The number of anilines is 1. The van der Waals surface area contributed by atoms with Gasteiger partial charge in [-0.25, -0.2) is 9.59 Å². The Bertz CT molecular complexity index is 1160. The van der Waals surface area contributed by atoms with Crippen LogP contribution in [0.25, 0.3) is 0 Å². The van der Waals surface area contributed by atoms with Crippen molar-refractivity contribution in [2.24, 2.45) is 7.05 Å². The maximum atomic E-state index is 13.5. The summed E-state index contributed by atoms with van der Waals surface area (Å²) in [6, 6.07) is -0.202. The number of carbonyl (C=O) groups is 2. The number of ether oxygens (including phenoxy) is 2. The van der Waals surface area contributed by atoms with E-state index in [0.717, 1.165) is 12.0 Å². The second-order valence-electron chi connectivity index (χ2n) is 8.84. The number of methoxy groups -OCH3 is 1. The molecule has 0 radical (unpaired) electrons. The summed E-state index contributed by atoms with van der Waals surface area (Å²) in [7, 11) is 2.64. The maximum Gasteiger partial charge on any atom is 0.416 e. The third-order valence-corrected chi connectivity index (χ3v) is 6.38. The number of halogens is 6. The third kappa shape index (κ3) is 5.68. The van der Waals surface area contributed by atoms with Gasteiger partial charge in [-0.1, -0.05) is 6.92 Å². The highest BCUT2D eigenvalue weighted by Crippen LogP contribution is 2.44. The number of hydrogen-bond acceptors (Lipinski definition) is 5. The van der Waals surface area contributed by atoms with Crippen molar-refractivity contribution >= 4 is 18.0 Å². The van der Waals surface area contributed by atoms with E-state index in [9.17, 15) is 35.9 Å². The Labute approximate surface area is 215 Å². The summed E-state index contributed by atoms with van der Waals surface area (Å²) in [5.74, 6) is 0.318. The predicted molar refractivity (Wildman–Crippen MR) is 123 cm³/mol. The van der Waals surface area contributed by atoms with Crippen LogP contribution >= 0.6 is 0 Å². The number of aryl methyl sites for hydroxylation is 2. The Hall–Kier alpha value is -3.45. The molecule has 2 atom stereocenters. The first-order valence-electron chi connectivity index (χ1n) is 11.8. The van der Waals surface area contributed by atoms with Crippen LogP contribution in [0.3, 0.4) is 0 Å². The molecule has 3 rings (SSSR count). The average molecular weight is 551 g/mol. The fourth-order valence-corrected chi connectivity index (χ4v) is 4.78. The van der Waals surface area contributed by atoms with Gasteiger partial charge in [0, 0.05) is 25.2 Å².